The summed E-state index contributed by atoms with van der Waals surface area (Å²) in [7, 11) is 0. The summed E-state index contributed by atoms with van der Waals surface area (Å²) in [6, 6.07) is 2.01. The van der Waals surface area contributed by atoms with Crippen molar-refractivity contribution in [2.24, 2.45) is 0 Å². The smallest absolute Gasteiger partial charge is 0.416 e. The van der Waals surface area contributed by atoms with Gasteiger partial charge in [-0.3, -0.25) is 14.9 Å². The molecule has 0 aliphatic rings. The molecule has 0 bridgehead atoms. The van der Waals surface area contributed by atoms with E-state index in [4.69, 9.17) is 5.11 Å². The van der Waals surface area contributed by atoms with Gasteiger partial charge in [-0.15, -0.1) is 0 Å². The molecule has 1 unspecified atom stereocenters. The van der Waals surface area contributed by atoms with Crippen molar-refractivity contribution in [1.29, 1.82) is 0 Å². The summed E-state index contributed by atoms with van der Waals surface area (Å²) in [6.45, 7) is 1.08. The van der Waals surface area contributed by atoms with E-state index in [1.807, 2.05) is 0 Å². The molecule has 1 rings (SSSR count). The lowest BCUT2D eigenvalue weighted by atomic mass is 9.95. The molecule has 1 N–H and O–H groups in total. The summed E-state index contributed by atoms with van der Waals surface area (Å²) in [5.74, 6) is -2.84. The van der Waals surface area contributed by atoms with Crippen molar-refractivity contribution >= 4 is 11.7 Å². The maximum atomic E-state index is 12.7. The van der Waals surface area contributed by atoms with Crippen LogP contribution >= 0.6 is 0 Å². The van der Waals surface area contributed by atoms with Gasteiger partial charge in [0.1, 0.15) is 0 Å². The van der Waals surface area contributed by atoms with E-state index >= 15 is 0 Å². The maximum absolute atomic E-state index is 12.7. The van der Waals surface area contributed by atoms with Crippen LogP contribution in [0.15, 0.2) is 18.2 Å². The van der Waals surface area contributed by atoms with Crippen molar-refractivity contribution < 1.29 is 28.0 Å². The van der Waals surface area contributed by atoms with Crippen molar-refractivity contribution in [1.82, 2.24) is 0 Å². The average Bonchev–Trinajstić information content (AvgIpc) is 2.25. The zero-order valence-electron chi connectivity index (χ0n) is 9.06. The van der Waals surface area contributed by atoms with E-state index in [9.17, 15) is 28.1 Å². The van der Waals surface area contributed by atoms with E-state index in [-0.39, 0.29) is 0 Å². The molecule has 98 valence electrons. The Morgan fingerprint density at radius 3 is 2.39 bits per heavy atom. The molecule has 8 heteroatoms. The minimum absolute atomic E-state index is 0.342. The highest BCUT2D eigenvalue weighted by atomic mass is 19.4. The number of halogens is 3. The first-order valence-electron chi connectivity index (χ1n) is 4.73. The number of hydrogen-bond acceptors (Lipinski definition) is 3. The second-order valence-electron chi connectivity index (χ2n) is 3.59. The number of benzene rings is 1. The van der Waals surface area contributed by atoms with Gasteiger partial charge in [0.2, 0.25) is 0 Å². The Hall–Kier alpha value is -2.12. The molecule has 0 heterocycles. The molecule has 0 saturated carbocycles. The van der Waals surface area contributed by atoms with Crippen LogP contribution in [0.1, 0.15) is 24.0 Å². The van der Waals surface area contributed by atoms with Crippen molar-refractivity contribution in [2.75, 3.05) is 0 Å². The molecule has 0 aliphatic heterocycles. The molecule has 5 nitrogen and oxygen atoms in total. The summed E-state index contributed by atoms with van der Waals surface area (Å²) in [4.78, 5) is 20.1. The second-order valence-corrected chi connectivity index (χ2v) is 3.59. The molecule has 0 amide bonds. The molecule has 18 heavy (non-hydrogen) atoms. The number of nitrogens with zero attached hydrogens (tertiary/aromatic N) is 1. The molecule has 1 atom stereocenters. The van der Waals surface area contributed by atoms with Gasteiger partial charge in [0, 0.05) is 12.1 Å². The molecule has 0 saturated heterocycles. The third-order valence-corrected chi connectivity index (χ3v) is 2.39. The van der Waals surface area contributed by atoms with Gasteiger partial charge in [0.25, 0.3) is 5.69 Å². The lowest BCUT2D eigenvalue weighted by Gasteiger charge is -2.15. The Balaban J connectivity index is 3.44. The number of non-ortho nitro benzene ring substituents is 1. The van der Waals surface area contributed by atoms with Crippen LogP contribution in [0.4, 0.5) is 18.9 Å². The first-order valence-corrected chi connectivity index (χ1v) is 4.73. The SMILES string of the molecule is CC(C(=O)O)c1ccc([N+](=O)[O-])cc1C(F)(F)F. The molecule has 0 radical (unpaired) electrons. The zero-order chi connectivity index (χ0) is 14.1. The molecule has 0 aliphatic carbocycles. The van der Waals surface area contributed by atoms with Crippen LogP contribution < -0.4 is 0 Å². The van der Waals surface area contributed by atoms with Gasteiger partial charge in [-0.2, -0.15) is 13.2 Å². The predicted molar refractivity (Wildman–Crippen MR) is 54.1 cm³/mol. The minimum atomic E-state index is -4.84. The number of carbonyl (C=O) groups is 1. The Morgan fingerprint density at radius 1 is 1.44 bits per heavy atom. The fourth-order valence-electron chi connectivity index (χ4n) is 1.41. The molecular weight excluding hydrogens is 255 g/mol. The molecule has 0 fully saturated rings. The molecule has 1 aromatic rings. The Kier molecular flexibility index (Phi) is 3.59. The number of nitro groups is 1. The number of rotatable bonds is 3. The Labute approximate surface area is 99.0 Å². The lowest BCUT2D eigenvalue weighted by molar-refractivity contribution is -0.385. The van der Waals surface area contributed by atoms with Crippen molar-refractivity contribution in [3.8, 4) is 0 Å². The summed E-state index contributed by atoms with van der Waals surface area (Å²) in [6.07, 6.45) is -4.84. The Morgan fingerprint density at radius 2 is 2.00 bits per heavy atom. The highest BCUT2D eigenvalue weighted by molar-refractivity contribution is 5.76. The van der Waals surface area contributed by atoms with Crippen LogP contribution in [0.3, 0.4) is 0 Å². The van der Waals surface area contributed by atoms with Crippen LogP contribution in [-0.4, -0.2) is 16.0 Å². The van der Waals surface area contributed by atoms with Crippen LogP contribution in [0.25, 0.3) is 0 Å². The fourth-order valence-corrected chi connectivity index (χ4v) is 1.41. The van der Waals surface area contributed by atoms with Gasteiger partial charge in [-0.25, -0.2) is 0 Å². The maximum Gasteiger partial charge on any atom is 0.416 e. The van der Waals surface area contributed by atoms with Crippen LogP contribution in [-0.2, 0) is 11.0 Å². The van der Waals surface area contributed by atoms with Crippen LogP contribution in [0.5, 0.6) is 0 Å². The first-order chi connectivity index (χ1) is 8.14. The van der Waals surface area contributed by atoms with Crippen molar-refractivity contribution in [3.63, 3.8) is 0 Å². The van der Waals surface area contributed by atoms with E-state index < -0.39 is 39.8 Å². The lowest BCUT2D eigenvalue weighted by Crippen LogP contribution is -2.16. The fraction of sp³-hybridized carbons (Fsp3) is 0.300. The zero-order valence-corrected chi connectivity index (χ0v) is 9.06. The normalized spacial score (nSPS) is 13.1. The monoisotopic (exact) mass is 263 g/mol. The van der Waals surface area contributed by atoms with Crippen molar-refractivity contribution in [3.05, 3.63) is 39.4 Å². The van der Waals surface area contributed by atoms with Crippen LogP contribution in [0, 0.1) is 10.1 Å². The van der Waals surface area contributed by atoms with E-state index in [1.54, 1.807) is 0 Å². The summed E-state index contributed by atoms with van der Waals surface area (Å²) >= 11 is 0. The van der Waals surface area contributed by atoms with E-state index in [2.05, 4.69) is 0 Å². The number of carboxylic acids is 1. The Bertz CT molecular complexity index is 498. The number of alkyl halides is 3. The van der Waals surface area contributed by atoms with E-state index in [0.29, 0.717) is 6.07 Å². The summed E-state index contributed by atoms with van der Waals surface area (Å²) < 4.78 is 38.1. The third-order valence-electron chi connectivity index (χ3n) is 2.39. The standard InChI is InChI=1S/C10H8F3NO4/c1-5(9(15)16)7-3-2-6(14(17)18)4-8(7)10(11,12)13/h2-5H,1H3,(H,15,16). The van der Waals surface area contributed by atoms with Gasteiger partial charge in [-0.1, -0.05) is 6.07 Å². The summed E-state index contributed by atoms with van der Waals surface area (Å²) in [5, 5.41) is 19.1. The highest BCUT2D eigenvalue weighted by Gasteiger charge is 2.37. The number of aliphatic carboxylic acids is 1. The summed E-state index contributed by atoms with van der Waals surface area (Å²) in [5.41, 5.74) is -2.53. The van der Waals surface area contributed by atoms with Crippen molar-refractivity contribution in [2.45, 2.75) is 19.0 Å². The topological polar surface area (TPSA) is 80.4 Å². The van der Waals surface area contributed by atoms with Gasteiger partial charge >= 0.3 is 12.1 Å². The highest BCUT2D eigenvalue weighted by Crippen LogP contribution is 2.37. The molecule has 0 spiro atoms. The van der Waals surface area contributed by atoms with Gasteiger partial charge in [-0.05, 0) is 12.5 Å². The van der Waals surface area contributed by atoms with E-state index in [1.165, 1.54) is 0 Å². The molecule has 1 aromatic carbocycles. The molecular formula is C10H8F3NO4. The molecule has 0 aromatic heterocycles. The first kappa shape index (κ1) is 13.9. The van der Waals surface area contributed by atoms with Gasteiger partial charge < -0.3 is 5.11 Å². The average molecular weight is 263 g/mol. The third kappa shape index (κ3) is 2.76. The predicted octanol–water partition coefficient (Wildman–Crippen LogP) is 2.80. The van der Waals surface area contributed by atoms with Crippen LogP contribution in [0.2, 0.25) is 0 Å². The second kappa shape index (κ2) is 4.63. The number of carboxylic acid groups (broad SMARTS) is 1. The minimum Gasteiger partial charge on any atom is -0.481 e. The largest absolute Gasteiger partial charge is 0.481 e. The van der Waals surface area contributed by atoms with Gasteiger partial charge in [0.05, 0.1) is 16.4 Å². The number of hydrogen-bond donors (Lipinski definition) is 1. The van der Waals surface area contributed by atoms with E-state index in [0.717, 1.165) is 19.1 Å². The quantitative estimate of drug-likeness (QED) is 0.671. The van der Waals surface area contributed by atoms with Gasteiger partial charge in [0.15, 0.2) is 0 Å². The number of nitro benzene ring substituents is 1.